The molecular weight excluding hydrogens is 230 g/mol. The van der Waals surface area contributed by atoms with Crippen molar-refractivity contribution in [2.45, 2.75) is 19.4 Å². The first kappa shape index (κ1) is 13.6. The van der Waals surface area contributed by atoms with Gasteiger partial charge < -0.3 is 4.74 Å². The van der Waals surface area contributed by atoms with Crippen LogP contribution < -0.4 is 0 Å². The Balaban J connectivity index is 4.33. The van der Waals surface area contributed by atoms with Gasteiger partial charge in [0.15, 0.2) is 0 Å². The summed E-state index contributed by atoms with van der Waals surface area (Å²) in [5.74, 6) is 0. The molecule has 2 unspecified atom stereocenters. The van der Waals surface area contributed by atoms with E-state index in [0.717, 1.165) is 0 Å². The Bertz CT molecular complexity index is 200. The van der Waals surface area contributed by atoms with Gasteiger partial charge in [0.05, 0.1) is 0 Å². The van der Waals surface area contributed by atoms with Crippen molar-refractivity contribution in [2.24, 2.45) is 0 Å². The van der Waals surface area contributed by atoms with E-state index in [0.29, 0.717) is 0 Å². The van der Waals surface area contributed by atoms with E-state index in [-0.39, 0.29) is 19.7 Å². The number of carbonyl (C=O) groups is 1. The summed E-state index contributed by atoms with van der Waals surface area (Å²) in [6.07, 6.45) is 0. The van der Waals surface area contributed by atoms with Crippen molar-refractivity contribution in [1.82, 2.24) is 0 Å². The van der Waals surface area contributed by atoms with Gasteiger partial charge in [-0.05, 0) is 23.0 Å². The topological polar surface area (TPSA) is 78.9 Å². The summed E-state index contributed by atoms with van der Waals surface area (Å²) >= 11 is 0. The van der Waals surface area contributed by atoms with Crippen molar-refractivity contribution in [1.29, 1.82) is 0 Å². The third-order valence-electron chi connectivity index (χ3n) is 1.05. The first-order valence-corrected chi connectivity index (χ1v) is 6.44. The molecule has 0 aliphatic carbocycles. The van der Waals surface area contributed by atoms with Crippen LogP contribution in [0.5, 0.6) is 0 Å². The van der Waals surface area contributed by atoms with E-state index in [1.54, 1.807) is 13.8 Å². The van der Waals surface area contributed by atoms with Crippen LogP contribution in [0.3, 0.4) is 0 Å². The van der Waals surface area contributed by atoms with Crippen LogP contribution in [0, 0.1) is 0 Å². The highest BCUT2D eigenvalue weighted by Gasteiger charge is 2.54. The Morgan fingerprint density at radius 2 is 1.57 bits per heavy atom. The molecule has 8 heteroatoms. The maximum atomic E-state index is 11.2. The Morgan fingerprint density at radius 3 is 1.86 bits per heavy atom. The van der Waals surface area contributed by atoms with Gasteiger partial charge in [0.25, 0.3) is 6.47 Å². The van der Waals surface area contributed by atoms with Crippen LogP contribution in [0.4, 0.5) is 0 Å². The van der Waals surface area contributed by atoms with E-state index < -0.39 is 21.6 Å². The Kier molecular flexibility index (Phi) is 7.71. The quantitative estimate of drug-likeness (QED) is 0.478. The average Bonchev–Trinajstić information content (AvgIpc) is 2.14. The van der Waals surface area contributed by atoms with Crippen molar-refractivity contribution >= 4 is 22.5 Å². The molecule has 0 aromatic heterocycles. The summed E-state index contributed by atoms with van der Waals surface area (Å²) in [6, 6.07) is 0. The normalized spacial score (nSPS) is 14.4. The molecule has 0 aliphatic rings. The van der Waals surface area contributed by atoms with Crippen LogP contribution in [-0.2, 0) is 27.7 Å². The first-order valence-electron chi connectivity index (χ1n) is 3.95. The van der Waals surface area contributed by atoms with Crippen LogP contribution in [-0.4, -0.2) is 25.3 Å². The standard InChI is InChI=1S/C6H12O6P2/c1-3-11-13(8)6(10-5-7)14(9)12-4-2/h5-6H,3-4H2,1-2H3/q+2. The molecular formula is C6H12O6P2+2. The Morgan fingerprint density at radius 1 is 1.14 bits per heavy atom. The maximum Gasteiger partial charge on any atom is 0.613 e. The number of carbonyl (C=O) groups excluding carboxylic acids is 1. The predicted molar refractivity (Wildman–Crippen MR) is 49.4 cm³/mol. The second-order valence-electron chi connectivity index (χ2n) is 1.96. The van der Waals surface area contributed by atoms with Crippen molar-refractivity contribution in [3.05, 3.63) is 0 Å². The summed E-state index contributed by atoms with van der Waals surface area (Å²) in [4.78, 5) is 10.0. The fourth-order valence-electron chi connectivity index (χ4n) is 0.608. The highest BCUT2D eigenvalue weighted by atomic mass is 31.2. The lowest BCUT2D eigenvalue weighted by atomic mass is 10.9. The molecule has 0 saturated heterocycles. The van der Waals surface area contributed by atoms with Crippen LogP contribution in [0.15, 0.2) is 0 Å². The minimum Gasteiger partial charge on any atom is -0.376 e. The van der Waals surface area contributed by atoms with E-state index in [9.17, 15) is 13.9 Å². The number of hydrogen-bond donors (Lipinski definition) is 0. The van der Waals surface area contributed by atoms with Crippen LogP contribution in [0.1, 0.15) is 13.8 Å². The zero-order valence-corrected chi connectivity index (χ0v) is 9.70. The van der Waals surface area contributed by atoms with Crippen LogP contribution in [0.2, 0.25) is 0 Å². The van der Waals surface area contributed by atoms with E-state index in [2.05, 4.69) is 13.8 Å². The van der Waals surface area contributed by atoms with Gasteiger partial charge in [-0.1, -0.05) is 0 Å². The molecule has 0 saturated carbocycles. The molecule has 0 rings (SSSR count). The van der Waals surface area contributed by atoms with Gasteiger partial charge in [-0.25, -0.2) is 0 Å². The fraction of sp³-hybridized carbons (Fsp3) is 0.833. The zero-order valence-electron chi connectivity index (χ0n) is 7.91. The lowest BCUT2D eigenvalue weighted by Gasteiger charge is -1.91. The molecule has 2 atom stereocenters. The van der Waals surface area contributed by atoms with Crippen molar-refractivity contribution in [2.75, 3.05) is 13.2 Å². The second-order valence-corrected chi connectivity index (χ2v) is 4.97. The number of ether oxygens (including phenoxy) is 1. The van der Waals surface area contributed by atoms with Gasteiger partial charge in [0, 0.05) is 0 Å². The Hall–Kier alpha value is -0.410. The molecule has 0 amide bonds. The van der Waals surface area contributed by atoms with Crippen LogP contribution in [0.25, 0.3) is 0 Å². The summed E-state index contributed by atoms with van der Waals surface area (Å²) < 4.78 is 36.2. The highest BCUT2D eigenvalue weighted by Crippen LogP contribution is 2.46. The molecule has 0 aromatic rings. The molecule has 0 heterocycles. The minimum absolute atomic E-state index is 0.0726. The molecule has 0 radical (unpaired) electrons. The smallest absolute Gasteiger partial charge is 0.376 e. The predicted octanol–water partition coefficient (Wildman–Crippen LogP) is 2.00. The van der Waals surface area contributed by atoms with Gasteiger partial charge >= 0.3 is 21.6 Å². The molecule has 0 N–H and O–H groups in total. The van der Waals surface area contributed by atoms with Crippen LogP contribution >= 0.6 is 16.1 Å². The molecule has 0 aromatic carbocycles. The third kappa shape index (κ3) is 4.72. The second kappa shape index (κ2) is 7.94. The van der Waals surface area contributed by atoms with Crippen molar-refractivity contribution in [3.8, 4) is 0 Å². The summed E-state index contributed by atoms with van der Waals surface area (Å²) in [6.45, 7) is 3.69. The highest BCUT2D eigenvalue weighted by molar-refractivity contribution is 7.58. The largest absolute Gasteiger partial charge is 0.613 e. The molecule has 0 bridgehead atoms. The summed E-state index contributed by atoms with van der Waals surface area (Å²) in [5.41, 5.74) is -1.32. The molecule has 14 heavy (non-hydrogen) atoms. The fourth-order valence-corrected chi connectivity index (χ4v) is 2.69. The average molecular weight is 242 g/mol. The summed E-state index contributed by atoms with van der Waals surface area (Å²) in [7, 11) is -4.63. The van der Waals surface area contributed by atoms with Crippen molar-refractivity contribution in [3.63, 3.8) is 0 Å². The lowest BCUT2D eigenvalue weighted by Crippen LogP contribution is -2.05. The number of rotatable bonds is 8. The lowest BCUT2D eigenvalue weighted by molar-refractivity contribution is -0.128. The van der Waals surface area contributed by atoms with E-state index in [4.69, 9.17) is 0 Å². The SMILES string of the molecule is CCO[P+](=O)C(OC=O)[P+](=O)OCC. The zero-order chi connectivity index (χ0) is 11.0. The molecule has 6 nitrogen and oxygen atoms in total. The van der Waals surface area contributed by atoms with Gasteiger partial charge in [0.1, 0.15) is 13.2 Å². The maximum absolute atomic E-state index is 11.2. The van der Waals surface area contributed by atoms with Gasteiger partial charge in [-0.15, -0.1) is 9.05 Å². The molecule has 0 spiro atoms. The number of hydrogen-bond acceptors (Lipinski definition) is 6. The monoisotopic (exact) mass is 242 g/mol. The summed E-state index contributed by atoms with van der Waals surface area (Å²) in [5, 5.41) is 0. The minimum atomic E-state index is -2.31. The first-order chi connectivity index (χ1) is 6.67. The van der Waals surface area contributed by atoms with Gasteiger partial charge in [0.2, 0.25) is 0 Å². The molecule has 80 valence electrons. The van der Waals surface area contributed by atoms with Gasteiger partial charge in [-0.2, -0.15) is 0 Å². The van der Waals surface area contributed by atoms with E-state index in [1.165, 1.54) is 0 Å². The van der Waals surface area contributed by atoms with Crippen molar-refractivity contribution < 1.29 is 27.7 Å². The third-order valence-corrected chi connectivity index (χ3v) is 4.17. The Labute approximate surface area is 83.6 Å². The van der Waals surface area contributed by atoms with Gasteiger partial charge in [-0.3, -0.25) is 4.79 Å². The molecule has 0 aliphatic heterocycles. The van der Waals surface area contributed by atoms with E-state index >= 15 is 0 Å². The van der Waals surface area contributed by atoms with E-state index in [1.807, 2.05) is 0 Å². The molecule has 0 fully saturated rings.